The summed E-state index contributed by atoms with van der Waals surface area (Å²) in [7, 11) is 1.80. The Kier molecular flexibility index (Phi) is 7.70. The van der Waals surface area contributed by atoms with Crippen LogP contribution in [0.1, 0.15) is 40.0 Å². The molecule has 1 aliphatic rings. The first-order valence-corrected chi connectivity index (χ1v) is 14.2. The largest absolute Gasteiger partial charge is 0.445 e. The van der Waals surface area contributed by atoms with E-state index in [-0.39, 0.29) is 30.3 Å². The molecular weight excluding hydrogens is 564 g/mol. The Balaban J connectivity index is 1.13. The van der Waals surface area contributed by atoms with Crippen LogP contribution in [0.5, 0.6) is 0 Å². The number of likely N-dealkylation sites (tertiary alicyclic amines) is 1. The first-order valence-electron chi connectivity index (χ1n) is 14.2. The zero-order chi connectivity index (χ0) is 30.8. The SMILES string of the molecule is Cn1cc(C(=O)N2CCC(O)(Cn3cnn4c(-c5ccc(COC(N)=O)cc5)cnc4c3=O)CC2)c(Cc2ccccc2)n1. The van der Waals surface area contributed by atoms with Crippen molar-refractivity contribution < 1.29 is 19.4 Å². The molecule has 0 radical (unpaired) electrons. The van der Waals surface area contributed by atoms with E-state index in [0.717, 1.165) is 16.7 Å². The number of nitrogens with two attached hydrogens (primary N) is 1. The summed E-state index contributed by atoms with van der Waals surface area (Å²) in [5, 5.41) is 20.4. The number of carbonyl (C=O) groups excluding carboxylic acids is 2. The van der Waals surface area contributed by atoms with Crippen molar-refractivity contribution in [2.75, 3.05) is 13.1 Å². The molecule has 0 spiro atoms. The molecule has 2 amide bonds. The van der Waals surface area contributed by atoms with E-state index < -0.39 is 11.7 Å². The lowest BCUT2D eigenvalue weighted by molar-refractivity contribution is -0.0300. The molecule has 5 aromatic rings. The van der Waals surface area contributed by atoms with Crippen LogP contribution < -0.4 is 11.3 Å². The van der Waals surface area contributed by atoms with Crippen LogP contribution in [0.25, 0.3) is 16.9 Å². The maximum atomic E-state index is 13.5. The van der Waals surface area contributed by atoms with Gasteiger partial charge in [-0.25, -0.2) is 14.3 Å². The molecule has 1 fully saturated rings. The van der Waals surface area contributed by atoms with Gasteiger partial charge in [-0.05, 0) is 24.0 Å². The van der Waals surface area contributed by atoms with E-state index in [1.54, 1.807) is 41.2 Å². The summed E-state index contributed by atoms with van der Waals surface area (Å²) in [4.78, 5) is 43.7. The number of aryl methyl sites for hydroxylation is 1. The quantitative estimate of drug-likeness (QED) is 0.275. The zero-order valence-electron chi connectivity index (χ0n) is 24.2. The van der Waals surface area contributed by atoms with Crippen LogP contribution in [0.3, 0.4) is 0 Å². The number of hydrogen-bond donors (Lipinski definition) is 2. The first kappa shape index (κ1) is 28.8. The smallest absolute Gasteiger partial charge is 0.404 e. The molecule has 4 heterocycles. The van der Waals surface area contributed by atoms with Gasteiger partial charge in [0.15, 0.2) is 0 Å². The fourth-order valence-electron chi connectivity index (χ4n) is 5.54. The lowest BCUT2D eigenvalue weighted by atomic mass is 9.91. The van der Waals surface area contributed by atoms with Gasteiger partial charge in [0.2, 0.25) is 5.65 Å². The Hall–Kier alpha value is -5.30. The summed E-state index contributed by atoms with van der Waals surface area (Å²) < 4.78 is 9.29. The molecule has 13 heteroatoms. The Bertz CT molecular complexity index is 1870. The number of hydrogen-bond acceptors (Lipinski definition) is 8. The van der Waals surface area contributed by atoms with Gasteiger partial charge >= 0.3 is 6.09 Å². The molecule has 0 unspecified atom stereocenters. The Morgan fingerprint density at radius 1 is 1.05 bits per heavy atom. The Morgan fingerprint density at radius 2 is 1.77 bits per heavy atom. The van der Waals surface area contributed by atoms with Gasteiger partial charge in [0, 0.05) is 38.3 Å². The summed E-state index contributed by atoms with van der Waals surface area (Å²) in [6.07, 6.45) is 5.01. The molecule has 1 saturated heterocycles. The number of aromatic nitrogens is 6. The standard InChI is InChI=1S/C31H32N8O5/c1-36-17-24(25(35-36)15-21-5-3-2-4-6-21)28(40)37-13-11-31(43,12-14-37)19-38-20-34-39-26(16-33-27(39)29(38)41)23-9-7-22(8-10-23)18-44-30(32)42/h2-10,16-17,20,43H,11-15,18-19H2,1H3,(H2,32,42). The molecular formula is C31H32N8O5. The van der Waals surface area contributed by atoms with Gasteiger partial charge in [-0.15, -0.1) is 0 Å². The summed E-state index contributed by atoms with van der Waals surface area (Å²) in [5.41, 5.74) is 8.04. The van der Waals surface area contributed by atoms with Crippen LogP contribution in [0.15, 0.2) is 78.1 Å². The van der Waals surface area contributed by atoms with E-state index >= 15 is 0 Å². The van der Waals surface area contributed by atoms with Crippen LogP contribution in [-0.4, -0.2) is 69.6 Å². The molecule has 3 N–H and O–H groups in total. The molecule has 13 nitrogen and oxygen atoms in total. The number of piperidine rings is 1. The third kappa shape index (κ3) is 5.95. The highest BCUT2D eigenvalue weighted by molar-refractivity contribution is 5.95. The number of rotatable bonds is 8. The van der Waals surface area contributed by atoms with Crippen molar-refractivity contribution in [3.8, 4) is 11.3 Å². The molecule has 2 aromatic carbocycles. The number of amides is 2. The van der Waals surface area contributed by atoms with Crippen LogP contribution in [0, 0.1) is 0 Å². The number of primary amides is 1. The van der Waals surface area contributed by atoms with Crippen LogP contribution in [0.4, 0.5) is 4.79 Å². The minimum Gasteiger partial charge on any atom is -0.445 e. The van der Waals surface area contributed by atoms with Crippen LogP contribution in [0.2, 0.25) is 0 Å². The Morgan fingerprint density at radius 3 is 2.48 bits per heavy atom. The second-order valence-electron chi connectivity index (χ2n) is 11.1. The summed E-state index contributed by atoms with van der Waals surface area (Å²) in [5.74, 6) is -0.121. The summed E-state index contributed by atoms with van der Waals surface area (Å²) in [6.45, 7) is 0.764. The number of benzene rings is 2. The van der Waals surface area contributed by atoms with E-state index in [1.807, 2.05) is 42.5 Å². The van der Waals surface area contributed by atoms with Gasteiger partial charge in [-0.2, -0.15) is 10.2 Å². The highest BCUT2D eigenvalue weighted by Crippen LogP contribution is 2.26. The average molecular weight is 597 g/mol. The fourth-order valence-corrected chi connectivity index (χ4v) is 5.54. The predicted molar refractivity (Wildman–Crippen MR) is 160 cm³/mol. The van der Waals surface area contributed by atoms with Gasteiger partial charge in [0.05, 0.1) is 35.3 Å². The summed E-state index contributed by atoms with van der Waals surface area (Å²) in [6, 6.07) is 17.1. The van der Waals surface area contributed by atoms with Gasteiger partial charge in [-0.1, -0.05) is 54.6 Å². The molecule has 0 bridgehead atoms. The molecule has 0 saturated carbocycles. The highest BCUT2D eigenvalue weighted by atomic mass is 16.5. The normalized spacial score (nSPS) is 14.5. The van der Waals surface area contributed by atoms with Crippen molar-refractivity contribution in [3.05, 3.63) is 106 Å². The van der Waals surface area contributed by atoms with Gasteiger partial charge in [0.1, 0.15) is 12.9 Å². The van der Waals surface area contributed by atoms with E-state index in [0.29, 0.717) is 49.3 Å². The molecule has 44 heavy (non-hydrogen) atoms. The molecule has 226 valence electrons. The third-order valence-corrected chi connectivity index (χ3v) is 7.92. The summed E-state index contributed by atoms with van der Waals surface area (Å²) >= 11 is 0. The van der Waals surface area contributed by atoms with E-state index in [1.165, 1.54) is 15.4 Å². The highest BCUT2D eigenvalue weighted by Gasteiger charge is 2.36. The maximum absolute atomic E-state index is 13.5. The average Bonchev–Trinajstić information content (AvgIpc) is 3.62. The number of nitrogens with zero attached hydrogens (tertiary/aromatic N) is 7. The van der Waals surface area contributed by atoms with Gasteiger partial charge in [0.25, 0.3) is 11.5 Å². The molecule has 3 aromatic heterocycles. The second kappa shape index (κ2) is 11.8. The van der Waals surface area contributed by atoms with Crippen molar-refractivity contribution in [1.82, 2.24) is 33.8 Å². The fraction of sp³-hybridized carbons (Fsp3) is 0.290. The lowest BCUT2D eigenvalue weighted by Crippen LogP contribution is -2.49. The molecule has 0 aliphatic carbocycles. The number of imidazole rings is 1. The van der Waals surface area contributed by atoms with Crippen molar-refractivity contribution in [3.63, 3.8) is 0 Å². The number of carbonyl (C=O) groups is 2. The maximum Gasteiger partial charge on any atom is 0.404 e. The van der Waals surface area contributed by atoms with Crippen LogP contribution >= 0.6 is 0 Å². The predicted octanol–water partition coefficient (Wildman–Crippen LogP) is 2.14. The monoisotopic (exact) mass is 596 g/mol. The molecule has 1 aliphatic heterocycles. The van der Waals surface area contributed by atoms with Gasteiger partial charge in [-0.3, -0.25) is 18.8 Å². The van der Waals surface area contributed by atoms with Crippen LogP contribution in [-0.2, 0) is 31.4 Å². The number of fused-ring (bicyclic) bond motifs is 1. The van der Waals surface area contributed by atoms with Crippen molar-refractivity contribution >= 4 is 17.6 Å². The zero-order valence-corrected chi connectivity index (χ0v) is 24.2. The number of ether oxygens (including phenoxy) is 1. The van der Waals surface area contributed by atoms with E-state index in [9.17, 15) is 19.5 Å². The minimum atomic E-state index is -1.19. The topological polar surface area (TPSA) is 163 Å². The number of aliphatic hydroxyl groups is 1. The van der Waals surface area contributed by atoms with Crippen molar-refractivity contribution in [1.29, 1.82) is 0 Å². The second-order valence-corrected chi connectivity index (χ2v) is 11.1. The Labute approximate surface area is 252 Å². The van der Waals surface area contributed by atoms with Crippen molar-refractivity contribution in [2.24, 2.45) is 12.8 Å². The lowest BCUT2D eigenvalue weighted by Gasteiger charge is -2.38. The van der Waals surface area contributed by atoms with Gasteiger partial charge < -0.3 is 20.5 Å². The van der Waals surface area contributed by atoms with Crippen molar-refractivity contribution in [2.45, 2.75) is 38.0 Å². The minimum absolute atomic E-state index is 0.0280. The molecule has 6 rings (SSSR count). The van der Waals surface area contributed by atoms with E-state index in [4.69, 9.17) is 10.5 Å². The van der Waals surface area contributed by atoms with E-state index in [2.05, 4.69) is 15.2 Å². The molecule has 0 atom stereocenters. The first-order chi connectivity index (χ1) is 21.2. The third-order valence-electron chi connectivity index (χ3n) is 7.92.